The van der Waals surface area contributed by atoms with E-state index < -0.39 is 138 Å². The minimum absolute atomic E-state index is 0.0518. The van der Waals surface area contributed by atoms with Gasteiger partial charge in [0.15, 0.2) is 0 Å². The number of aliphatic carboxylic acids is 3. The maximum absolute atomic E-state index is 14.2. The maximum Gasteiger partial charge on any atom is 0.322 e. The van der Waals surface area contributed by atoms with E-state index in [2.05, 4.69) is 26.6 Å². The highest BCUT2D eigenvalue weighted by Gasteiger charge is 2.44. The predicted octanol–water partition coefficient (Wildman–Crippen LogP) is -1.58. The lowest BCUT2D eigenvalue weighted by Crippen LogP contribution is -2.62. The number of Topliss-reactive ketones (excluding diaryl/α,β-unsaturated/α-hetero) is 1. The van der Waals surface area contributed by atoms with Gasteiger partial charge in [0, 0.05) is 26.3 Å². The molecule has 0 aromatic carbocycles. The van der Waals surface area contributed by atoms with Crippen LogP contribution in [0.2, 0.25) is 0 Å². The fourth-order valence-corrected chi connectivity index (χ4v) is 5.96. The summed E-state index contributed by atoms with van der Waals surface area (Å²) in [4.78, 5) is 140. The van der Waals surface area contributed by atoms with Crippen molar-refractivity contribution < 1.29 is 68.1 Å². The van der Waals surface area contributed by atoms with Crippen LogP contribution in [0.15, 0.2) is 0 Å². The lowest BCUT2D eigenvalue weighted by atomic mass is 9.85. The van der Waals surface area contributed by atoms with Crippen molar-refractivity contribution in [3.63, 3.8) is 0 Å². The van der Waals surface area contributed by atoms with Crippen LogP contribution in [0, 0.1) is 11.3 Å². The highest BCUT2D eigenvalue weighted by molar-refractivity contribution is 6.38. The summed E-state index contributed by atoms with van der Waals surface area (Å²) in [7, 11) is 0. The number of nitrogens with zero attached hydrogens (tertiary/aromatic N) is 1. The molecule has 1 aliphatic heterocycles. The normalized spacial score (nSPS) is 16.5. The number of hydrogen-bond acceptors (Lipinski definition) is 11. The number of hydrogen-bond donors (Lipinski definition) is 9. The number of carbonyl (C=O) groups excluding carboxylic acids is 8. The third kappa shape index (κ3) is 16.6. The summed E-state index contributed by atoms with van der Waals surface area (Å²) < 4.78 is 0. The van der Waals surface area contributed by atoms with Gasteiger partial charge < -0.3 is 52.1 Å². The average molecular weight is 812 g/mol. The quantitative estimate of drug-likeness (QED) is 0.0527. The number of amides is 7. The molecular weight excluding hydrogens is 754 g/mol. The molecule has 57 heavy (non-hydrogen) atoms. The van der Waals surface area contributed by atoms with Crippen LogP contribution < -0.4 is 31.9 Å². The lowest BCUT2D eigenvalue weighted by molar-refractivity contribution is -0.146. The first-order valence-corrected chi connectivity index (χ1v) is 18.7. The second-order valence-corrected chi connectivity index (χ2v) is 15.2. The molecule has 6 atom stereocenters. The molecule has 0 radical (unpaired) electrons. The van der Waals surface area contributed by atoms with E-state index >= 15 is 0 Å². The second-order valence-electron chi connectivity index (χ2n) is 15.2. The molecule has 0 aromatic rings. The summed E-state index contributed by atoms with van der Waals surface area (Å²) in [6.07, 6.45) is -0.881. The molecule has 21 nitrogen and oxygen atoms in total. The van der Waals surface area contributed by atoms with Crippen molar-refractivity contribution in [2.45, 2.75) is 136 Å². The smallest absolute Gasteiger partial charge is 0.322 e. The maximum atomic E-state index is 14.2. The molecule has 1 aliphatic rings. The molecule has 1 rings (SSSR count). The number of carboxylic acids is 3. The van der Waals surface area contributed by atoms with E-state index in [1.54, 1.807) is 41.5 Å². The Hall–Kier alpha value is -5.63. The molecule has 0 saturated carbocycles. The standard InChI is InChI=1S/C36H57N7O14/c1-8-10-20(28(51)34(56)37-17-26(49)50)39-32(54)23-11-9-16-43(23)35(57)29(36(5,6)7)42-33(55)27(18(2)3)41-31(53)22(13-15-25(47)48)40-30(52)21(38-19(4)44)12-14-24(45)46/h18,20-23,27,29H,8-17H2,1-7H3,(H,37,56)(H,38,44)(H,39,54)(H,40,52)(H,41,53)(H,42,55)(H,45,46)(H,47,48)(H,49,50). The van der Waals surface area contributed by atoms with E-state index in [4.69, 9.17) is 10.2 Å². The Labute approximate surface area is 330 Å². The Morgan fingerprint density at radius 3 is 1.72 bits per heavy atom. The van der Waals surface area contributed by atoms with Crippen LogP contribution in [0.3, 0.4) is 0 Å². The zero-order valence-electron chi connectivity index (χ0n) is 33.4. The number of likely N-dealkylation sites (tertiary alicyclic amines) is 1. The zero-order valence-corrected chi connectivity index (χ0v) is 33.4. The van der Waals surface area contributed by atoms with Gasteiger partial charge in [0.25, 0.3) is 5.91 Å². The van der Waals surface area contributed by atoms with Gasteiger partial charge in [0.2, 0.25) is 41.2 Å². The summed E-state index contributed by atoms with van der Waals surface area (Å²) in [5.74, 6) is -11.6. The number of nitrogens with one attached hydrogen (secondary N) is 6. The SMILES string of the molecule is CCCC(NC(=O)C1CCCN1C(=O)C(NC(=O)C(NC(=O)C(CCC(=O)O)NC(=O)C(CCC(=O)O)NC(C)=O)C(C)C)C(C)(C)C)C(=O)C(=O)NCC(=O)O. The topological polar surface area (TPSA) is 324 Å². The Balaban J connectivity index is 3.29. The number of carbonyl (C=O) groups is 11. The van der Waals surface area contributed by atoms with Gasteiger partial charge in [-0.3, -0.25) is 52.7 Å². The first kappa shape index (κ1) is 49.4. The van der Waals surface area contributed by atoms with Crippen LogP contribution >= 0.6 is 0 Å². The van der Waals surface area contributed by atoms with E-state index in [0.29, 0.717) is 12.8 Å². The second kappa shape index (κ2) is 22.8. The van der Waals surface area contributed by atoms with Gasteiger partial charge >= 0.3 is 17.9 Å². The van der Waals surface area contributed by atoms with Crippen LogP contribution in [0.25, 0.3) is 0 Å². The van der Waals surface area contributed by atoms with Crippen LogP contribution in [0.4, 0.5) is 0 Å². The van der Waals surface area contributed by atoms with Crippen LogP contribution in [-0.4, -0.2) is 135 Å². The van der Waals surface area contributed by atoms with E-state index in [9.17, 15) is 57.8 Å². The molecule has 0 aromatic heterocycles. The first-order chi connectivity index (χ1) is 26.4. The average Bonchev–Trinajstić information content (AvgIpc) is 3.60. The van der Waals surface area contributed by atoms with Crippen LogP contribution in [0.5, 0.6) is 0 Å². The molecule has 21 heteroatoms. The predicted molar refractivity (Wildman–Crippen MR) is 199 cm³/mol. The summed E-state index contributed by atoms with van der Waals surface area (Å²) >= 11 is 0. The molecule has 9 N–H and O–H groups in total. The number of carboxylic acid groups (broad SMARTS) is 3. The molecule has 1 fully saturated rings. The molecule has 0 aliphatic carbocycles. The largest absolute Gasteiger partial charge is 0.481 e. The number of ketones is 1. The summed E-state index contributed by atoms with van der Waals surface area (Å²) in [5.41, 5.74) is -0.975. The minimum Gasteiger partial charge on any atom is -0.481 e. The highest BCUT2D eigenvalue weighted by atomic mass is 16.4. The molecule has 1 saturated heterocycles. The summed E-state index contributed by atoms with van der Waals surface area (Å²) in [6.45, 7) is 10.2. The van der Waals surface area contributed by atoms with Crippen molar-refractivity contribution in [1.29, 1.82) is 0 Å². The van der Waals surface area contributed by atoms with Gasteiger partial charge in [-0.05, 0) is 43.4 Å². The van der Waals surface area contributed by atoms with Gasteiger partial charge in [-0.15, -0.1) is 0 Å². The van der Waals surface area contributed by atoms with Gasteiger partial charge in [-0.1, -0.05) is 48.0 Å². The molecule has 0 bridgehead atoms. The Bertz CT molecular complexity index is 1540. The van der Waals surface area contributed by atoms with Crippen molar-refractivity contribution in [2.75, 3.05) is 13.1 Å². The third-order valence-electron chi connectivity index (χ3n) is 8.94. The summed E-state index contributed by atoms with van der Waals surface area (Å²) in [6, 6.07) is -7.93. The van der Waals surface area contributed by atoms with Crippen molar-refractivity contribution in [1.82, 2.24) is 36.8 Å². The van der Waals surface area contributed by atoms with Gasteiger partial charge in [-0.25, -0.2) is 0 Å². The van der Waals surface area contributed by atoms with Crippen molar-refractivity contribution in [3.8, 4) is 0 Å². The summed E-state index contributed by atoms with van der Waals surface area (Å²) in [5, 5.41) is 41.5. The fourth-order valence-electron chi connectivity index (χ4n) is 5.96. The third-order valence-corrected chi connectivity index (χ3v) is 8.94. The van der Waals surface area contributed by atoms with E-state index in [1.165, 1.54) is 4.90 Å². The zero-order chi connectivity index (χ0) is 43.8. The Kier molecular flexibility index (Phi) is 19.8. The van der Waals surface area contributed by atoms with Crippen LogP contribution in [0.1, 0.15) is 99.8 Å². The van der Waals surface area contributed by atoms with Gasteiger partial charge in [-0.2, -0.15) is 0 Å². The van der Waals surface area contributed by atoms with Crippen LogP contribution in [-0.2, 0) is 52.7 Å². The van der Waals surface area contributed by atoms with E-state index in [1.807, 2.05) is 5.32 Å². The highest BCUT2D eigenvalue weighted by Crippen LogP contribution is 2.26. The molecule has 0 spiro atoms. The molecule has 6 unspecified atom stereocenters. The van der Waals surface area contributed by atoms with E-state index in [0.717, 1.165) is 6.92 Å². The van der Waals surface area contributed by atoms with Crippen molar-refractivity contribution in [3.05, 3.63) is 0 Å². The lowest BCUT2D eigenvalue weighted by Gasteiger charge is -2.37. The fraction of sp³-hybridized carbons (Fsp3) is 0.694. The van der Waals surface area contributed by atoms with Crippen molar-refractivity contribution in [2.24, 2.45) is 11.3 Å². The minimum atomic E-state index is -1.54. The molecule has 1 heterocycles. The monoisotopic (exact) mass is 811 g/mol. The van der Waals surface area contributed by atoms with Gasteiger partial charge in [0.1, 0.15) is 36.8 Å². The van der Waals surface area contributed by atoms with Gasteiger partial charge in [0.05, 0.1) is 6.04 Å². The number of rotatable bonds is 23. The molecular formula is C36H57N7O14. The molecule has 320 valence electrons. The Morgan fingerprint density at radius 1 is 0.702 bits per heavy atom. The first-order valence-electron chi connectivity index (χ1n) is 18.7. The van der Waals surface area contributed by atoms with Crippen molar-refractivity contribution >= 4 is 65.0 Å². The van der Waals surface area contributed by atoms with E-state index in [-0.39, 0.29) is 25.8 Å². The Morgan fingerprint density at radius 2 is 1.25 bits per heavy atom. The molecule has 7 amide bonds.